The van der Waals surface area contributed by atoms with Gasteiger partial charge in [0.2, 0.25) is 0 Å². The van der Waals surface area contributed by atoms with Crippen molar-refractivity contribution in [2.75, 3.05) is 46.2 Å². The summed E-state index contributed by atoms with van der Waals surface area (Å²) in [4.78, 5) is 0. The topological polar surface area (TPSA) is 55.4 Å². The zero-order valence-corrected chi connectivity index (χ0v) is 16.6. The lowest BCUT2D eigenvalue weighted by atomic mass is 10.3. The quantitative estimate of drug-likeness (QED) is 0.573. The van der Waals surface area contributed by atoms with Gasteiger partial charge in [0.15, 0.2) is 23.0 Å². The second-order valence-electron chi connectivity index (χ2n) is 6.39. The van der Waals surface area contributed by atoms with Gasteiger partial charge in [-0.1, -0.05) is 30.3 Å². The third kappa shape index (κ3) is 7.00. The maximum Gasteiger partial charge on any atom is 0.161 e. The van der Waals surface area contributed by atoms with Gasteiger partial charge in [0.05, 0.1) is 19.8 Å². The maximum atomic E-state index is 5.99. The number of para-hydroxylation sites is 4. The van der Waals surface area contributed by atoms with Crippen LogP contribution in [0.5, 0.6) is 23.0 Å². The van der Waals surface area contributed by atoms with Crippen LogP contribution in [0.2, 0.25) is 0 Å². The summed E-state index contributed by atoms with van der Waals surface area (Å²) in [6.45, 7) is 6.73. The van der Waals surface area contributed by atoms with Crippen molar-refractivity contribution in [1.82, 2.24) is 0 Å². The highest BCUT2D eigenvalue weighted by Gasteiger charge is 2.15. The Morgan fingerprint density at radius 2 is 1.24 bits per heavy atom. The molecule has 6 heteroatoms. The molecule has 0 N–H and O–H groups in total. The largest absolute Gasteiger partial charge is 0.487 e. The van der Waals surface area contributed by atoms with E-state index in [4.69, 9.17) is 28.4 Å². The molecule has 1 aliphatic heterocycles. The third-order valence-electron chi connectivity index (χ3n) is 4.19. The molecule has 0 aromatic heterocycles. The van der Waals surface area contributed by atoms with Gasteiger partial charge in [0, 0.05) is 0 Å². The Bertz CT molecular complexity index is 692. The van der Waals surface area contributed by atoms with Crippen molar-refractivity contribution in [1.29, 1.82) is 0 Å². The average molecular weight is 400 g/mol. The molecule has 2 aromatic carbocycles. The highest BCUT2D eigenvalue weighted by Crippen LogP contribution is 2.28. The SMILES string of the molecule is C=CCCOC1COc2ccccc2OCCOCCOc2ccccc2OC1. The first-order valence-electron chi connectivity index (χ1n) is 9.86. The van der Waals surface area contributed by atoms with Crippen molar-refractivity contribution >= 4 is 0 Å². The summed E-state index contributed by atoms with van der Waals surface area (Å²) < 4.78 is 35.1. The number of fused-ring (bicyclic) bond motifs is 2. The normalized spacial score (nSPS) is 16.1. The third-order valence-corrected chi connectivity index (χ3v) is 4.19. The van der Waals surface area contributed by atoms with Gasteiger partial charge in [-0.05, 0) is 30.7 Å². The number of benzene rings is 2. The highest BCUT2D eigenvalue weighted by molar-refractivity contribution is 5.40. The standard InChI is InChI=1S/C23H28O6/c1-2-3-12-25-19-17-28-22-10-6-4-8-20(22)26-15-13-24-14-16-27-21-9-5-7-11-23(21)29-18-19/h2,4-11,19H,1,3,12-18H2. The molecule has 0 saturated heterocycles. The van der Waals surface area contributed by atoms with Gasteiger partial charge in [0.25, 0.3) is 0 Å². The molecule has 0 atom stereocenters. The molecule has 0 aliphatic carbocycles. The molecule has 0 bridgehead atoms. The smallest absolute Gasteiger partial charge is 0.161 e. The molecular weight excluding hydrogens is 372 g/mol. The van der Waals surface area contributed by atoms with E-state index in [2.05, 4.69) is 6.58 Å². The summed E-state index contributed by atoms with van der Waals surface area (Å²) in [5.74, 6) is 2.69. The van der Waals surface area contributed by atoms with E-state index < -0.39 is 0 Å². The van der Waals surface area contributed by atoms with E-state index in [-0.39, 0.29) is 6.10 Å². The predicted molar refractivity (Wildman–Crippen MR) is 110 cm³/mol. The Kier molecular flexibility index (Phi) is 8.69. The first-order valence-corrected chi connectivity index (χ1v) is 9.86. The molecule has 2 aromatic rings. The lowest BCUT2D eigenvalue weighted by Gasteiger charge is -2.21. The van der Waals surface area contributed by atoms with Crippen LogP contribution < -0.4 is 18.9 Å². The molecule has 6 nitrogen and oxygen atoms in total. The van der Waals surface area contributed by atoms with Crippen molar-refractivity contribution in [2.45, 2.75) is 12.5 Å². The molecule has 0 radical (unpaired) electrons. The minimum Gasteiger partial charge on any atom is -0.487 e. The molecule has 156 valence electrons. The molecule has 0 saturated carbocycles. The number of hydrogen-bond donors (Lipinski definition) is 0. The molecular formula is C23H28O6. The fourth-order valence-corrected chi connectivity index (χ4v) is 2.73. The van der Waals surface area contributed by atoms with Crippen molar-refractivity contribution in [2.24, 2.45) is 0 Å². The fraction of sp³-hybridized carbons (Fsp3) is 0.391. The Morgan fingerprint density at radius 1 is 0.759 bits per heavy atom. The first-order chi connectivity index (χ1) is 14.4. The van der Waals surface area contributed by atoms with Gasteiger partial charge >= 0.3 is 0 Å². The first kappa shape index (κ1) is 21.0. The molecule has 0 amide bonds. The molecule has 29 heavy (non-hydrogen) atoms. The zero-order valence-electron chi connectivity index (χ0n) is 16.6. The number of ether oxygens (including phenoxy) is 6. The van der Waals surface area contributed by atoms with Crippen LogP contribution in [0, 0.1) is 0 Å². The molecule has 3 rings (SSSR count). The Morgan fingerprint density at radius 3 is 1.72 bits per heavy atom. The van der Waals surface area contributed by atoms with E-state index in [1.807, 2.05) is 54.6 Å². The van der Waals surface area contributed by atoms with Crippen molar-refractivity contribution < 1.29 is 28.4 Å². The van der Waals surface area contributed by atoms with Crippen LogP contribution in [0.15, 0.2) is 61.2 Å². The van der Waals surface area contributed by atoms with E-state index in [1.165, 1.54) is 0 Å². The van der Waals surface area contributed by atoms with E-state index >= 15 is 0 Å². The summed E-state index contributed by atoms with van der Waals surface area (Å²) in [5, 5.41) is 0. The minimum atomic E-state index is -0.257. The molecule has 1 aliphatic rings. The summed E-state index contributed by atoms with van der Waals surface area (Å²) in [7, 11) is 0. The van der Waals surface area contributed by atoms with E-state index in [1.54, 1.807) is 0 Å². The second-order valence-corrected chi connectivity index (χ2v) is 6.39. The monoisotopic (exact) mass is 400 g/mol. The number of rotatable bonds is 4. The minimum absolute atomic E-state index is 0.257. The van der Waals surface area contributed by atoms with E-state index in [0.717, 1.165) is 6.42 Å². The van der Waals surface area contributed by atoms with Gasteiger partial charge in [-0.15, -0.1) is 6.58 Å². The summed E-state index contributed by atoms with van der Waals surface area (Å²) in [6, 6.07) is 15.2. The summed E-state index contributed by atoms with van der Waals surface area (Å²) in [6.07, 6.45) is 2.33. The van der Waals surface area contributed by atoms with Crippen LogP contribution in [0.3, 0.4) is 0 Å². The molecule has 0 spiro atoms. The van der Waals surface area contributed by atoms with Gasteiger partial charge in [-0.2, -0.15) is 0 Å². The van der Waals surface area contributed by atoms with Crippen molar-refractivity contribution in [3.05, 3.63) is 61.2 Å². The Hall–Kier alpha value is -2.70. The van der Waals surface area contributed by atoms with Gasteiger partial charge in [0.1, 0.15) is 32.5 Å². The Balaban J connectivity index is 1.72. The van der Waals surface area contributed by atoms with Crippen LogP contribution in [0.4, 0.5) is 0 Å². The summed E-state index contributed by atoms with van der Waals surface area (Å²) >= 11 is 0. The second kappa shape index (κ2) is 12.0. The predicted octanol–water partition coefficient (Wildman–Crippen LogP) is 3.89. The molecule has 1 heterocycles. The van der Waals surface area contributed by atoms with E-state index in [9.17, 15) is 0 Å². The maximum absolute atomic E-state index is 5.99. The summed E-state index contributed by atoms with van der Waals surface area (Å²) in [5.41, 5.74) is 0. The van der Waals surface area contributed by atoms with Crippen LogP contribution in [-0.4, -0.2) is 52.4 Å². The van der Waals surface area contributed by atoms with Gasteiger partial charge in [-0.25, -0.2) is 0 Å². The fourth-order valence-electron chi connectivity index (χ4n) is 2.73. The molecule has 0 fully saturated rings. The Labute approximate surface area is 171 Å². The highest BCUT2D eigenvalue weighted by atomic mass is 16.6. The zero-order chi connectivity index (χ0) is 20.2. The van der Waals surface area contributed by atoms with Crippen LogP contribution in [0.1, 0.15) is 6.42 Å². The van der Waals surface area contributed by atoms with Gasteiger partial charge < -0.3 is 28.4 Å². The van der Waals surface area contributed by atoms with Crippen LogP contribution >= 0.6 is 0 Å². The number of hydrogen-bond acceptors (Lipinski definition) is 6. The van der Waals surface area contributed by atoms with Crippen molar-refractivity contribution in [3.8, 4) is 23.0 Å². The molecule has 0 unspecified atom stereocenters. The average Bonchev–Trinajstić information content (AvgIpc) is 2.75. The van der Waals surface area contributed by atoms with Crippen LogP contribution in [-0.2, 0) is 9.47 Å². The van der Waals surface area contributed by atoms with E-state index in [0.29, 0.717) is 69.2 Å². The van der Waals surface area contributed by atoms with Crippen molar-refractivity contribution in [3.63, 3.8) is 0 Å². The lowest BCUT2D eigenvalue weighted by Crippen LogP contribution is -2.29. The van der Waals surface area contributed by atoms with Gasteiger partial charge in [-0.3, -0.25) is 0 Å². The lowest BCUT2D eigenvalue weighted by molar-refractivity contribution is -0.00710. The van der Waals surface area contributed by atoms with Crippen LogP contribution in [0.25, 0.3) is 0 Å².